The predicted octanol–water partition coefficient (Wildman–Crippen LogP) is 4.35. The van der Waals surface area contributed by atoms with Crippen molar-refractivity contribution in [3.63, 3.8) is 0 Å². The molecule has 0 spiro atoms. The highest BCUT2D eigenvalue weighted by Gasteiger charge is 2.12. The van der Waals surface area contributed by atoms with Crippen LogP contribution < -0.4 is 0 Å². The maximum absolute atomic E-state index is 10.8. The van der Waals surface area contributed by atoms with E-state index in [1.54, 1.807) is 12.1 Å². The van der Waals surface area contributed by atoms with E-state index in [9.17, 15) is 10.1 Å². The molecule has 0 amide bonds. The lowest BCUT2D eigenvalue weighted by atomic mass is 10.2. The minimum absolute atomic E-state index is 0.0168. The number of aliphatic imine (C=N–C) groups is 1. The first kappa shape index (κ1) is 14.4. The number of hydrogen-bond donors (Lipinski definition) is 0. The molecule has 20 heavy (non-hydrogen) atoms. The highest BCUT2D eigenvalue weighted by molar-refractivity contribution is 9.10. The maximum Gasteiger partial charge on any atom is 0.284 e. The normalized spacial score (nSPS) is 10.7. The Bertz CT molecular complexity index is 747. The molecule has 1 heterocycles. The third-order valence-electron chi connectivity index (χ3n) is 2.57. The fourth-order valence-electron chi connectivity index (χ4n) is 1.54. The molecule has 5 nitrogen and oxygen atoms in total. The van der Waals surface area contributed by atoms with E-state index in [4.69, 9.17) is 5.26 Å². The van der Waals surface area contributed by atoms with Crippen molar-refractivity contribution >= 4 is 44.2 Å². The number of nitriles is 1. The fourth-order valence-corrected chi connectivity index (χ4v) is 2.78. The van der Waals surface area contributed by atoms with Crippen molar-refractivity contribution in [1.82, 2.24) is 0 Å². The van der Waals surface area contributed by atoms with Gasteiger partial charge < -0.3 is 0 Å². The molecular formula is C13H8BrN3O2S. The quantitative estimate of drug-likeness (QED) is 0.469. The number of nitrogens with zero attached hydrogens (tertiary/aromatic N) is 3. The van der Waals surface area contributed by atoms with Crippen LogP contribution in [0.5, 0.6) is 0 Å². The average molecular weight is 350 g/mol. The summed E-state index contributed by atoms with van der Waals surface area (Å²) in [7, 11) is 0. The lowest BCUT2D eigenvalue weighted by molar-refractivity contribution is -0.385. The van der Waals surface area contributed by atoms with Gasteiger partial charge in [-0.3, -0.25) is 10.1 Å². The van der Waals surface area contributed by atoms with E-state index >= 15 is 0 Å². The summed E-state index contributed by atoms with van der Waals surface area (Å²) >= 11 is 4.50. The molecule has 7 heteroatoms. The molecule has 0 fully saturated rings. The van der Waals surface area contributed by atoms with Crippen molar-refractivity contribution in [3.05, 3.63) is 54.9 Å². The number of nitro benzene ring substituents is 1. The Morgan fingerprint density at radius 1 is 1.55 bits per heavy atom. The Morgan fingerprint density at radius 2 is 2.30 bits per heavy atom. The summed E-state index contributed by atoms with van der Waals surface area (Å²) in [5, 5.41) is 22.3. The van der Waals surface area contributed by atoms with Crippen molar-refractivity contribution in [3.8, 4) is 6.07 Å². The Labute approximate surface area is 127 Å². The third kappa shape index (κ3) is 2.92. The zero-order chi connectivity index (χ0) is 14.7. The van der Waals surface area contributed by atoms with E-state index < -0.39 is 4.92 Å². The van der Waals surface area contributed by atoms with Gasteiger partial charge in [0.05, 0.1) is 15.0 Å². The first-order valence-electron chi connectivity index (χ1n) is 5.49. The largest absolute Gasteiger partial charge is 0.284 e. The monoisotopic (exact) mass is 349 g/mol. The molecule has 0 saturated carbocycles. The summed E-state index contributed by atoms with van der Waals surface area (Å²) in [6.45, 7) is 1.85. The Morgan fingerprint density at radius 3 is 2.95 bits per heavy atom. The molecule has 0 aliphatic heterocycles. The van der Waals surface area contributed by atoms with Crippen LogP contribution in [0.25, 0.3) is 0 Å². The number of rotatable bonds is 3. The molecule has 1 aromatic carbocycles. The second-order valence-corrected chi connectivity index (χ2v) is 5.65. The molecule has 0 atom stereocenters. The number of halogens is 1. The second kappa shape index (κ2) is 5.94. The van der Waals surface area contributed by atoms with Crippen LogP contribution >= 0.6 is 27.3 Å². The molecule has 0 bridgehead atoms. The van der Waals surface area contributed by atoms with Gasteiger partial charge in [-0.05, 0) is 45.4 Å². The van der Waals surface area contributed by atoms with Gasteiger partial charge in [0, 0.05) is 12.3 Å². The van der Waals surface area contributed by atoms with Crippen LogP contribution in [0.2, 0.25) is 0 Å². The Kier molecular flexibility index (Phi) is 4.27. The van der Waals surface area contributed by atoms with Crippen molar-refractivity contribution in [2.45, 2.75) is 6.92 Å². The lowest BCUT2D eigenvalue weighted by Gasteiger charge is -1.97. The van der Waals surface area contributed by atoms with E-state index in [1.165, 1.54) is 23.6 Å². The van der Waals surface area contributed by atoms with Crippen LogP contribution in [0.1, 0.15) is 16.7 Å². The molecule has 2 rings (SSSR count). The summed E-state index contributed by atoms with van der Waals surface area (Å²) in [4.78, 5) is 14.6. The van der Waals surface area contributed by atoms with Gasteiger partial charge in [-0.2, -0.15) is 5.26 Å². The number of nitro groups is 1. The predicted molar refractivity (Wildman–Crippen MR) is 81.8 cm³/mol. The van der Waals surface area contributed by atoms with E-state index in [-0.39, 0.29) is 5.69 Å². The van der Waals surface area contributed by atoms with Gasteiger partial charge in [-0.25, -0.2) is 4.99 Å². The van der Waals surface area contributed by atoms with E-state index in [2.05, 4.69) is 27.0 Å². The first-order chi connectivity index (χ1) is 9.52. The van der Waals surface area contributed by atoms with Crippen LogP contribution in [-0.4, -0.2) is 11.1 Å². The van der Waals surface area contributed by atoms with E-state index in [1.807, 2.05) is 12.3 Å². The molecule has 0 saturated heterocycles. The molecule has 0 unspecified atom stereocenters. The topological polar surface area (TPSA) is 79.3 Å². The SMILES string of the molecule is Cc1csc(N=Cc2ccc(Br)c([N+](=O)[O-])c2)c1C#N. The average Bonchev–Trinajstić information content (AvgIpc) is 2.77. The standard InChI is InChI=1S/C13H8BrN3O2S/c1-8-7-20-13(10(8)5-15)16-6-9-2-3-11(14)12(4-9)17(18)19/h2-4,6-7H,1H3. The van der Waals surface area contributed by atoms with Gasteiger partial charge in [0.25, 0.3) is 5.69 Å². The smallest absolute Gasteiger partial charge is 0.258 e. The van der Waals surface area contributed by atoms with Crippen LogP contribution in [0.4, 0.5) is 10.7 Å². The number of hydrogen-bond acceptors (Lipinski definition) is 5. The van der Waals surface area contributed by atoms with Crippen molar-refractivity contribution in [2.24, 2.45) is 4.99 Å². The van der Waals surface area contributed by atoms with Crippen LogP contribution in [0, 0.1) is 28.4 Å². The second-order valence-electron chi connectivity index (χ2n) is 3.94. The van der Waals surface area contributed by atoms with Gasteiger partial charge in [0.15, 0.2) is 0 Å². The van der Waals surface area contributed by atoms with Gasteiger partial charge in [0.2, 0.25) is 0 Å². The summed E-state index contributed by atoms with van der Waals surface area (Å²) < 4.78 is 0.421. The zero-order valence-electron chi connectivity index (χ0n) is 10.3. The minimum Gasteiger partial charge on any atom is -0.258 e. The summed E-state index contributed by atoms with van der Waals surface area (Å²) in [5.74, 6) is 0. The van der Waals surface area contributed by atoms with Gasteiger partial charge >= 0.3 is 0 Å². The zero-order valence-corrected chi connectivity index (χ0v) is 12.7. The van der Waals surface area contributed by atoms with Crippen molar-refractivity contribution < 1.29 is 4.92 Å². The van der Waals surface area contributed by atoms with E-state index in [0.29, 0.717) is 20.6 Å². The number of aryl methyl sites for hydroxylation is 1. The van der Waals surface area contributed by atoms with Gasteiger partial charge in [-0.15, -0.1) is 11.3 Å². The Hall–Kier alpha value is -2.04. The molecule has 0 aliphatic rings. The number of benzene rings is 1. The summed E-state index contributed by atoms with van der Waals surface area (Å²) in [6, 6.07) is 6.85. The molecular weight excluding hydrogens is 342 g/mol. The van der Waals surface area contributed by atoms with Crippen LogP contribution in [0.3, 0.4) is 0 Å². The first-order valence-corrected chi connectivity index (χ1v) is 7.16. The highest BCUT2D eigenvalue weighted by Crippen LogP contribution is 2.30. The molecule has 2 aromatic rings. The lowest BCUT2D eigenvalue weighted by Crippen LogP contribution is -1.91. The van der Waals surface area contributed by atoms with Crippen molar-refractivity contribution in [2.75, 3.05) is 0 Å². The molecule has 100 valence electrons. The molecule has 0 N–H and O–H groups in total. The van der Waals surface area contributed by atoms with Crippen molar-refractivity contribution in [1.29, 1.82) is 5.26 Å². The van der Waals surface area contributed by atoms with Gasteiger partial charge in [-0.1, -0.05) is 6.07 Å². The third-order valence-corrected chi connectivity index (χ3v) is 4.24. The summed E-state index contributed by atoms with van der Waals surface area (Å²) in [5.41, 5.74) is 2.01. The molecule has 1 aromatic heterocycles. The maximum atomic E-state index is 10.8. The molecule has 0 radical (unpaired) electrons. The summed E-state index contributed by atoms with van der Waals surface area (Å²) in [6.07, 6.45) is 1.52. The highest BCUT2D eigenvalue weighted by atomic mass is 79.9. The van der Waals surface area contributed by atoms with Crippen LogP contribution in [-0.2, 0) is 0 Å². The van der Waals surface area contributed by atoms with Crippen LogP contribution in [0.15, 0.2) is 33.0 Å². The minimum atomic E-state index is -0.461. The number of thiophene rings is 1. The van der Waals surface area contributed by atoms with Gasteiger partial charge in [0.1, 0.15) is 11.1 Å². The fraction of sp³-hybridized carbons (Fsp3) is 0.0769. The Balaban J connectivity index is 2.35. The molecule has 0 aliphatic carbocycles. The van der Waals surface area contributed by atoms with E-state index in [0.717, 1.165) is 5.56 Å².